The highest BCUT2D eigenvalue weighted by molar-refractivity contribution is 5.60. The van der Waals surface area contributed by atoms with E-state index < -0.39 is 0 Å². The molecule has 4 aliphatic rings. The average molecular weight is 375 g/mol. The predicted octanol–water partition coefficient (Wildman–Crippen LogP) is 2.37. The van der Waals surface area contributed by atoms with E-state index in [4.69, 9.17) is 10.00 Å². The molecule has 142 valence electrons. The summed E-state index contributed by atoms with van der Waals surface area (Å²) < 4.78 is 5.85. The van der Waals surface area contributed by atoms with Gasteiger partial charge in [0.2, 0.25) is 5.88 Å². The van der Waals surface area contributed by atoms with Crippen LogP contribution in [0.3, 0.4) is 0 Å². The van der Waals surface area contributed by atoms with Gasteiger partial charge in [0.15, 0.2) is 5.69 Å². The van der Waals surface area contributed by atoms with Crippen LogP contribution in [0.15, 0.2) is 36.1 Å². The molecule has 8 nitrogen and oxygen atoms in total. The molecule has 2 unspecified atom stereocenters. The number of fused-ring (bicyclic) bond motifs is 1. The first-order valence-corrected chi connectivity index (χ1v) is 9.65. The zero-order chi connectivity index (χ0) is 19.0. The third kappa shape index (κ3) is 3.07. The summed E-state index contributed by atoms with van der Waals surface area (Å²) >= 11 is 0. The number of aromatic nitrogens is 4. The molecular formula is C20H21N7O. The normalized spacial score (nSPS) is 30.1. The Bertz CT molecular complexity index is 902. The molecule has 6 rings (SSSR count). The van der Waals surface area contributed by atoms with E-state index in [0.717, 1.165) is 25.1 Å². The predicted molar refractivity (Wildman–Crippen MR) is 100 cm³/mol. The standard InChI is InChI=1S/C20H21N7O/c21-8-16-9-25-19(11-24-16)28-12-15-7-20(5-14(15)6-20)13-27-18(1-2-26-27)17-10-22-3-4-23-17/h2-4,9-11,14-15,18H,1,5-7,12-13H2. The van der Waals surface area contributed by atoms with Crippen LogP contribution in [0.1, 0.15) is 43.1 Å². The lowest BCUT2D eigenvalue weighted by Gasteiger charge is -2.42. The van der Waals surface area contributed by atoms with Crippen LogP contribution < -0.4 is 4.74 Å². The molecule has 3 heterocycles. The van der Waals surface area contributed by atoms with E-state index in [-0.39, 0.29) is 6.04 Å². The fourth-order valence-corrected chi connectivity index (χ4v) is 5.01. The Morgan fingerprint density at radius 3 is 2.82 bits per heavy atom. The largest absolute Gasteiger partial charge is 0.476 e. The summed E-state index contributed by atoms with van der Waals surface area (Å²) in [5, 5.41) is 15.6. The molecule has 3 aliphatic carbocycles. The van der Waals surface area contributed by atoms with E-state index in [9.17, 15) is 0 Å². The zero-order valence-electron chi connectivity index (χ0n) is 15.5. The average Bonchev–Trinajstić information content (AvgIpc) is 3.41. The first kappa shape index (κ1) is 17.0. The van der Waals surface area contributed by atoms with Gasteiger partial charge in [-0.15, -0.1) is 0 Å². The molecule has 0 spiro atoms. The van der Waals surface area contributed by atoms with Crippen LogP contribution in [-0.2, 0) is 0 Å². The molecule has 3 saturated carbocycles. The molecule has 0 amide bonds. The summed E-state index contributed by atoms with van der Waals surface area (Å²) in [6, 6.07) is 2.17. The van der Waals surface area contributed by atoms with E-state index >= 15 is 0 Å². The van der Waals surface area contributed by atoms with E-state index in [1.807, 2.05) is 18.5 Å². The lowest BCUT2D eigenvalue weighted by atomic mass is 9.69. The molecule has 0 radical (unpaired) electrons. The number of rotatable bonds is 6. The maximum atomic E-state index is 8.79. The molecule has 0 saturated heterocycles. The van der Waals surface area contributed by atoms with Crippen LogP contribution >= 0.6 is 0 Å². The minimum atomic E-state index is 0.200. The smallest absolute Gasteiger partial charge is 0.232 e. The molecule has 2 bridgehead atoms. The number of hydrazone groups is 1. The van der Waals surface area contributed by atoms with Crippen LogP contribution in [0.4, 0.5) is 0 Å². The lowest BCUT2D eigenvalue weighted by molar-refractivity contribution is 0.0592. The van der Waals surface area contributed by atoms with Crippen LogP contribution in [0, 0.1) is 28.6 Å². The summed E-state index contributed by atoms with van der Waals surface area (Å²) in [7, 11) is 0. The van der Waals surface area contributed by atoms with Crippen molar-refractivity contribution in [1.82, 2.24) is 24.9 Å². The minimum absolute atomic E-state index is 0.200. The third-order valence-corrected chi connectivity index (χ3v) is 6.28. The van der Waals surface area contributed by atoms with Crippen LogP contribution in [0.5, 0.6) is 5.88 Å². The van der Waals surface area contributed by atoms with Gasteiger partial charge >= 0.3 is 0 Å². The van der Waals surface area contributed by atoms with Crippen molar-refractivity contribution in [3.63, 3.8) is 0 Å². The van der Waals surface area contributed by atoms with Gasteiger partial charge in [-0.3, -0.25) is 15.0 Å². The zero-order valence-corrected chi connectivity index (χ0v) is 15.5. The highest BCUT2D eigenvalue weighted by Gasteiger charge is 2.57. The van der Waals surface area contributed by atoms with Gasteiger partial charge in [0.25, 0.3) is 0 Å². The van der Waals surface area contributed by atoms with Crippen molar-refractivity contribution < 1.29 is 4.74 Å². The molecule has 3 fully saturated rings. The molecule has 2 atom stereocenters. The Morgan fingerprint density at radius 1 is 1.14 bits per heavy atom. The Kier molecular flexibility index (Phi) is 4.15. The topological polar surface area (TPSA) is 100 Å². The number of ether oxygens (including phenoxy) is 1. The van der Waals surface area contributed by atoms with E-state index in [1.54, 1.807) is 12.4 Å². The fraction of sp³-hybridized carbons (Fsp3) is 0.500. The second-order valence-corrected chi connectivity index (χ2v) is 8.07. The molecule has 8 heteroatoms. The van der Waals surface area contributed by atoms with Gasteiger partial charge in [0, 0.05) is 31.6 Å². The van der Waals surface area contributed by atoms with Gasteiger partial charge < -0.3 is 4.74 Å². The second-order valence-electron chi connectivity index (χ2n) is 8.07. The fourth-order valence-electron chi connectivity index (χ4n) is 5.01. The number of nitriles is 1. The summed E-state index contributed by atoms with van der Waals surface area (Å²) in [5.74, 6) is 1.75. The van der Waals surface area contributed by atoms with Crippen molar-refractivity contribution in [2.24, 2.45) is 22.4 Å². The van der Waals surface area contributed by atoms with Crippen molar-refractivity contribution in [2.75, 3.05) is 13.2 Å². The van der Waals surface area contributed by atoms with Crippen molar-refractivity contribution in [2.45, 2.75) is 31.7 Å². The van der Waals surface area contributed by atoms with Crippen LogP contribution in [0.25, 0.3) is 0 Å². The first-order chi connectivity index (χ1) is 13.7. The first-order valence-electron chi connectivity index (χ1n) is 9.65. The number of nitrogens with zero attached hydrogens (tertiary/aromatic N) is 7. The number of hydrogen-bond acceptors (Lipinski definition) is 8. The second kappa shape index (κ2) is 6.82. The Hall–Kier alpha value is -3.08. The van der Waals surface area contributed by atoms with E-state index in [2.05, 4.69) is 30.0 Å². The molecule has 2 aromatic rings. The van der Waals surface area contributed by atoms with E-state index in [0.29, 0.717) is 35.4 Å². The molecule has 1 aliphatic heterocycles. The van der Waals surface area contributed by atoms with Gasteiger partial charge in [0.05, 0.1) is 36.9 Å². The highest BCUT2D eigenvalue weighted by Crippen LogP contribution is 2.62. The molecule has 0 N–H and O–H groups in total. The molecule has 28 heavy (non-hydrogen) atoms. The number of hydrogen-bond donors (Lipinski definition) is 0. The molecule has 0 aromatic carbocycles. The van der Waals surface area contributed by atoms with Crippen molar-refractivity contribution in [1.29, 1.82) is 5.26 Å². The van der Waals surface area contributed by atoms with Crippen molar-refractivity contribution >= 4 is 6.21 Å². The van der Waals surface area contributed by atoms with E-state index in [1.165, 1.54) is 25.2 Å². The summed E-state index contributed by atoms with van der Waals surface area (Å²) in [6.07, 6.45) is 14.8. The van der Waals surface area contributed by atoms with Crippen molar-refractivity contribution in [3.05, 3.63) is 42.4 Å². The quantitative estimate of drug-likeness (QED) is 0.764. The monoisotopic (exact) mass is 375 g/mol. The van der Waals surface area contributed by atoms with Gasteiger partial charge in [-0.25, -0.2) is 9.97 Å². The molecule has 2 aromatic heterocycles. The lowest BCUT2D eigenvalue weighted by Crippen LogP contribution is -2.39. The summed E-state index contributed by atoms with van der Waals surface area (Å²) in [5.41, 5.74) is 1.62. The maximum absolute atomic E-state index is 8.79. The van der Waals surface area contributed by atoms with Gasteiger partial charge in [0.1, 0.15) is 6.07 Å². The minimum Gasteiger partial charge on any atom is -0.476 e. The Balaban J connectivity index is 1.18. The maximum Gasteiger partial charge on any atom is 0.232 e. The summed E-state index contributed by atoms with van der Waals surface area (Å²) in [4.78, 5) is 16.8. The van der Waals surface area contributed by atoms with Gasteiger partial charge in [-0.1, -0.05) is 0 Å². The van der Waals surface area contributed by atoms with Crippen LogP contribution in [0.2, 0.25) is 0 Å². The van der Waals surface area contributed by atoms with Crippen molar-refractivity contribution in [3.8, 4) is 11.9 Å². The van der Waals surface area contributed by atoms with Gasteiger partial charge in [-0.2, -0.15) is 10.4 Å². The summed E-state index contributed by atoms with van der Waals surface area (Å²) in [6.45, 7) is 1.62. The SMILES string of the molecule is N#Cc1cnc(OCC2CC3(CN4N=CCC4c4cnccn4)CC2C3)cn1. The molecular weight excluding hydrogens is 354 g/mol. The van der Waals surface area contributed by atoms with Crippen LogP contribution in [-0.4, -0.2) is 44.3 Å². The van der Waals surface area contributed by atoms with Gasteiger partial charge in [-0.05, 0) is 36.5 Å². The Labute approximate surface area is 163 Å². The third-order valence-electron chi connectivity index (χ3n) is 6.28. The highest BCUT2D eigenvalue weighted by atomic mass is 16.5. The Morgan fingerprint density at radius 2 is 2.07 bits per heavy atom.